The summed E-state index contributed by atoms with van der Waals surface area (Å²) in [6.45, 7) is 10.2. The predicted molar refractivity (Wildman–Crippen MR) is 120 cm³/mol. The van der Waals surface area contributed by atoms with E-state index in [1.807, 2.05) is 11.1 Å². The van der Waals surface area contributed by atoms with E-state index < -0.39 is 0 Å². The van der Waals surface area contributed by atoms with Crippen molar-refractivity contribution in [2.24, 2.45) is 27.8 Å². The summed E-state index contributed by atoms with van der Waals surface area (Å²) in [5.74, 6) is 1.20. The summed E-state index contributed by atoms with van der Waals surface area (Å²) in [5, 5.41) is 6.83. The summed E-state index contributed by atoms with van der Waals surface area (Å²) >= 11 is 0. The molecule has 1 heterocycles. The van der Waals surface area contributed by atoms with Gasteiger partial charge in [-0.3, -0.25) is 9.80 Å². The van der Waals surface area contributed by atoms with E-state index in [1.165, 1.54) is 25.3 Å². The van der Waals surface area contributed by atoms with Gasteiger partial charge in [-0.1, -0.05) is 52.7 Å². The Bertz CT molecular complexity index is 832. The van der Waals surface area contributed by atoms with Crippen molar-refractivity contribution in [3.8, 4) is 0 Å². The summed E-state index contributed by atoms with van der Waals surface area (Å²) in [5.41, 5.74) is 2.21. The molecule has 0 amide bonds. The minimum absolute atomic E-state index is 0.0245. The Labute approximate surface area is 181 Å². The second kappa shape index (κ2) is 8.09. The largest absolute Gasteiger partial charge is 0.293 e. The van der Waals surface area contributed by atoms with E-state index in [0.717, 1.165) is 37.3 Å². The van der Waals surface area contributed by atoms with Crippen molar-refractivity contribution in [3.63, 3.8) is 0 Å². The smallest absolute Gasteiger partial charge is 0.179 e. The van der Waals surface area contributed by atoms with Crippen molar-refractivity contribution >= 4 is 11.5 Å². The van der Waals surface area contributed by atoms with Crippen molar-refractivity contribution in [1.29, 1.82) is 0 Å². The zero-order valence-corrected chi connectivity index (χ0v) is 19.1. The SMILES string of the molecule is CCCCCN1N=C(C(=O)C[C@H]2C[C@H]3CC[C@]2(C)C3(C)C)CC1c1cccc(F)c1. The number of Topliss-reactive ketones (excluding diaryl/α,β-unsaturated/α-hetero) is 1. The van der Waals surface area contributed by atoms with Crippen LogP contribution in [-0.4, -0.2) is 23.0 Å². The Balaban J connectivity index is 1.49. The minimum Gasteiger partial charge on any atom is -0.293 e. The van der Waals surface area contributed by atoms with Gasteiger partial charge in [0.1, 0.15) is 11.5 Å². The first-order chi connectivity index (χ1) is 14.3. The molecule has 30 heavy (non-hydrogen) atoms. The minimum atomic E-state index is -0.224. The zero-order chi connectivity index (χ0) is 21.5. The molecule has 1 unspecified atom stereocenters. The van der Waals surface area contributed by atoms with Crippen molar-refractivity contribution < 1.29 is 9.18 Å². The molecule has 4 rings (SSSR count). The maximum atomic E-state index is 13.9. The highest BCUT2D eigenvalue weighted by Crippen LogP contribution is 2.68. The Hall–Kier alpha value is -1.71. The number of nitrogens with zero attached hydrogens (tertiary/aromatic N) is 2. The quantitative estimate of drug-likeness (QED) is 0.454. The van der Waals surface area contributed by atoms with Crippen LogP contribution in [0.3, 0.4) is 0 Å². The highest BCUT2D eigenvalue weighted by molar-refractivity contribution is 6.40. The van der Waals surface area contributed by atoms with Gasteiger partial charge in [0.05, 0.1) is 6.04 Å². The molecule has 2 aliphatic carbocycles. The number of fused-ring (bicyclic) bond motifs is 2. The number of unbranched alkanes of at least 4 members (excludes halogenated alkanes) is 2. The van der Waals surface area contributed by atoms with Crippen molar-refractivity contribution in [1.82, 2.24) is 5.01 Å². The molecule has 4 heteroatoms. The van der Waals surface area contributed by atoms with Crippen LogP contribution in [-0.2, 0) is 4.79 Å². The van der Waals surface area contributed by atoms with Crippen molar-refractivity contribution in [2.45, 2.75) is 85.1 Å². The third-order valence-electron chi connectivity index (χ3n) is 8.95. The van der Waals surface area contributed by atoms with E-state index in [4.69, 9.17) is 5.10 Å². The van der Waals surface area contributed by atoms with Crippen LogP contribution in [0.4, 0.5) is 4.39 Å². The lowest BCUT2D eigenvalue weighted by atomic mass is 9.65. The topological polar surface area (TPSA) is 32.7 Å². The Morgan fingerprint density at radius 3 is 2.70 bits per heavy atom. The number of halogens is 1. The second-order valence-electron chi connectivity index (χ2n) is 10.6. The number of hydrazone groups is 1. The number of benzene rings is 1. The van der Waals surface area contributed by atoms with Gasteiger partial charge in [-0.25, -0.2) is 4.39 Å². The van der Waals surface area contributed by atoms with Gasteiger partial charge in [0, 0.05) is 19.4 Å². The standard InChI is InChI=1S/C26H37FN2O/c1-5-6-7-13-29-23(18-9-8-10-21(27)14-18)17-22(28-29)24(30)16-20-15-19-11-12-26(20,4)25(19,2)3/h8-10,14,19-20,23H,5-7,11-13,15-17H2,1-4H3/t19-,20-,23?,26+/m1/s1. The monoisotopic (exact) mass is 412 g/mol. The molecule has 0 N–H and O–H groups in total. The van der Waals surface area contributed by atoms with E-state index in [9.17, 15) is 9.18 Å². The van der Waals surface area contributed by atoms with Crippen LogP contribution in [0, 0.1) is 28.5 Å². The third-order valence-corrected chi connectivity index (χ3v) is 8.95. The number of hydrogen-bond acceptors (Lipinski definition) is 3. The van der Waals surface area contributed by atoms with Gasteiger partial charge in [-0.2, -0.15) is 5.10 Å². The summed E-state index contributed by atoms with van der Waals surface area (Å²) in [6.07, 6.45) is 8.28. The average Bonchev–Trinajstić information content (AvgIpc) is 3.28. The lowest BCUT2D eigenvalue weighted by molar-refractivity contribution is -0.115. The van der Waals surface area contributed by atoms with Crippen molar-refractivity contribution in [2.75, 3.05) is 6.54 Å². The molecule has 0 saturated heterocycles. The Morgan fingerprint density at radius 2 is 2.07 bits per heavy atom. The molecule has 2 saturated carbocycles. The van der Waals surface area contributed by atoms with E-state index in [0.29, 0.717) is 29.9 Å². The number of hydrogen-bond donors (Lipinski definition) is 0. The lowest BCUT2D eigenvalue weighted by Crippen LogP contribution is -2.34. The van der Waals surface area contributed by atoms with Gasteiger partial charge in [0.25, 0.3) is 0 Å². The van der Waals surface area contributed by atoms with Crippen LogP contribution in [0.5, 0.6) is 0 Å². The van der Waals surface area contributed by atoms with Crippen molar-refractivity contribution in [3.05, 3.63) is 35.6 Å². The first-order valence-electron chi connectivity index (χ1n) is 11.9. The highest BCUT2D eigenvalue weighted by Gasteiger charge is 2.61. The third kappa shape index (κ3) is 3.61. The lowest BCUT2D eigenvalue weighted by Gasteiger charge is -2.39. The Kier molecular flexibility index (Phi) is 5.80. The molecule has 3 aliphatic rings. The number of carbonyl (C=O) groups is 1. The van der Waals surface area contributed by atoms with Gasteiger partial charge in [0.15, 0.2) is 5.78 Å². The zero-order valence-electron chi connectivity index (χ0n) is 19.1. The molecule has 2 fully saturated rings. The molecular formula is C26H37FN2O. The van der Waals surface area contributed by atoms with Crippen LogP contribution in [0.1, 0.15) is 90.7 Å². The predicted octanol–water partition coefficient (Wildman–Crippen LogP) is 6.54. The fourth-order valence-electron chi connectivity index (χ4n) is 6.48. The molecule has 164 valence electrons. The fourth-order valence-corrected chi connectivity index (χ4v) is 6.48. The van der Waals surface area contributed by atoms with Gasteiger partial charge < -0.3 is 0 Å². The molecular weight excluding hydrogens is 375 g/mol. The van der Waals surface area contributed by atoms with Crippen LogP contribution >= 0.6 is 0 Å². The van der Waals surface area contributed by atoms with E-state index >= 15 is 0 Å². The summed E-state index contributed by atoms with van der Waals surface area (Å²) in [6, 6.07) is 6.77. The van der Waals surface area contributed by atoms with Crippen LogP contribution in [0.2, 0.25) is 0 Å². The summed E-state index contributed by atoms with van der Waals surface area (Å²) in [4.78, 5) is 13.3. The normalized spacial score (nSPS) is 32.0. The number of carbonyl (C=O) groups excluding carboxylic acids is 1. The van der Waals surface area contributed by atoms with Gasteiger partial charge in [0.2, 0.25) is 0 Å². The van der Waals surface area contributed by atoms with E-state index in [2.05, 4.69) is 27.7 Å². The molecule has 0 radical (unpaired) electrons. The van der Waals surface area contributed by atoms with Gasteiger partial charge in [-0.05, 0) is 66.0 Å². The highest BCUT2D eigenvalue weighted by atomic mass is 19.1. The molecule has 2 bridgehead atoms. The van der Waals surface area contributed by atoms with Crippen LogP contribution in [0.25, 0.3) is 0 Å². The van der Waals surface area contributed by atoms with E-state index in [-0.39, 0.29) is 23.1 Å². The summed E-state index contributed by atoms with van der Waals surface area (Å²) in [7, 11) is 0. The number of rotatable bonds is 8. The maximum absolute atomic E-state index is 13.9. The molecule has 0 aromatic heterocycles. The molecule has 1 aromatic carbocycles. The van der Waals surface area contributed by atoms with E-state index in [1.54, 1.807) is 12.1 Å². The molecule has 4 atom stereocenters. The van der Waals surface area contributed by atoms with Crippen LogP contribution < -0.4 is 0 Å². The molecule has 1 aromatic rings. The van der Waals surface area contributed by atoms with Gasteiger partial charge >= 0.3 is 0 Å². The second-order valence-corrected chi connectivity index (χ2v) is 10.6. The number of ketones is 1. The molecule has 1 aliphatic heterocycles. The maximum Gasteiger partial charge on any atom is 0.179 e. The Morgan fingerprint density at radius 1 is 1.27 bits per heavy atom. The fraction of sp³-hybridized carbons (Fsp3) is 0.692. The summed E-state index contributed by atoms with van der Waals surface area (Å²) < 4.78 is 13.9. The average molecular weight is 413 g/mol. The van der Waals surface area contributed by atoms with Crippen LogP contribution in [0.15, 0.2) is 29.4 Å². The molecule has 3 nitrogen and oxygen atoms in total. The first-order valence-corrected chi connectivity index (χ1v) is 11.9. The first kappa shape index (κ1) is 21.5. The molecule has 0 spiro atoms. The van der Waals surface area contributed by atoms with Gasteiger partial charge in [-0.15, -0.1) is 0 Å².